The van der Waals surface area contributed by atoms with Crippen LogP contribution in [0.1, 0.15) is 42.5 Å². The van der Waals surface area contributed by atoms with E-state index in [2.05, 4.69) is 77.4 Å². The Balaban J connectivity index is 1.32. The molecular formula is C30H40N6O. The van der Waals surface area contributed by atoms with Crippen LogP contribution >= 0.6 is 0 Å². The van der Waals surface area contributed by atoms with Gasteiger partial charge in [-0.05, 0) is 76.7 Å². The van der Waals surface area contributed by atoms with Gasteiger partial charge < -0.3 is 24.8 Å². The predicted molar refractivity (Wildman–Crippen MR) is 151 cm³/mol. The predicted octanol–water partition coefficient (Wildman–Crippen LogP) is 4.16. The molecule has 2 aromatic carbocycles. The van der Waals surface area contributed by atoms with E-state index in [1.807, 2.05) is 0 Å². The second-order valence-corrected chi connectivity index (χ2v) is 11.0. The minimum atomic E-state index is 0.449. The number of anilines is 2. The first-order valence-corrected chi connectivity index (χ1v) is 14.0. The summed E-state index contributed by atoms with van der Waals surface area (Å²) in [6.07, 6.45) is 5.64. The maximum atomic E-state index is 6.31. The molecule has 7 heteroatoms. The number of aromatic nitrogens is 2. The van der Waals surface area contributed by atoms with Crippen LogP contribution in [0.2, 0.25) is 0 Å². The number of nitrogens with zero attached hydrogens (tertiary/aromatic N) is 5. The quantitative estimate of drug-likeness (QED) is 0.545. The number of rotatable bonds is 6. The van der Waals surface area contributed by atoms with Crippen LogP contribution in [0.3, 0.4) is 0 Å². The molecule has 2 fully saturated rings. The third-order valence-corrected chi connectivity index (χ3v) is 8.73. The highest BCUT2D eigenvalue weighted by molar-refractivity contribution is 5.97. The normalized spacial score (nSPS) is 21.0. The van der Waals surface area contributed by atoms with Crippen LogP contribution in [-0.4, -0.2) is 73.8 Å². The second kappa shape index (κ2) is 10.5. The van der Waals surface area contributed by atoms with Crippen LogP contribution in [0.4, 0.5) is 11.5 Å². The van der Waals surface area contributed by atoms with Gasteiger partial charge in [-0.3, -0.25) is 0 Å². The van der Waals surface area contributed by atoms with Crippen LogP contribution in [0.15, 0.2) is 36.4 Å². The van der Waals surface area contributed by atoms with Gasteiger partial charge in [-0.15, -0.1) is 0 Å². The first kappa shape index (κ1) is 24.4. The van der Waals surface area contributed by atoms with Gasteiger partial charge in [0.2, 0.25) is 0 Å². The Morgan fingerprint density at radius 2 is 1.78 bits per heavy atom. The van der Waals surface area contributed by atoms with Gasteiger partial charge in [-0.25, -0.2) is 0 Å². The van der Waals surface area contributed by atoms with E-state index in [4.69, 9.17) is 14.7 Å². The first-order valence-electron chi connectivity index (χ1n) is 14.0. The lowest BCUT2D eigenvalue weighted by Gasteiger charge is -2.37. The van der Waals surface area contributed by atoms with Gasteiger partial charge in [0.25, 0.3) is 0 Å². The summed E-state index contributed by atoms with van der Waals surface area (Å²) in [6.45, 7) is 7.80. The largest absolute Gasteiger partial charge is 0.462 e. The van der Waals surface area contributed by atoms with Crippen molar-refractivity contribution in [3.05, 3.63) is 53.2 Å². The summed E-state index contributed by atoms with van der Waals surface area (Å²) in [5.74, 6) is 1.10. The lowest BCUT2D eigenvalue weighted by atomic mass is 9.99. The molecule has 4 heterocycles. The molecule has 3 aromatic rings. The van der Waals surface area contributed by atoms with Crippen LogP contribution in [0.5, 0.6) is 6.01 Å². The van der Waals surface area contributed by atoms with Crippen molar-refractivity contribution in [1.82, 2.24) is 20.2 Å². The lowest BCUT2D eigenvalue weighted by Crippen LogP contribution is -2.43. The van der Waals surface area contributed by atoms with E-state index in [0.717, 1.165) is 63.5 Å². The van der Waals surface area contributed by atoms with Gasteiger partial charge >= 0.3 is 6.01 Å². The zero-order valence-electron chi connectivity index (χ0n) is 22.5. The molecule has 3 aliphatic rings. The molecule has 37 heavy (non-hydrogen) atoms. The Bertz CT molecular complexity index is 1250. The van der Waals surface area contributed by atoms with E-state index >= 15 is 0 Å². The summed E-state index contributed by atoms with van der Waals surface area (Å²) < 4.78 is 6.31. The third kappa shape index (κ3) is 4.87. The minimum Gasteiger partial charge on any atom is -0.462 e. The highest BCUT2D eigenvalue weighted by Crippen LogP contribution is 2.36. The molecular weight excluding hydrogens is 460 g/mol. The molecule has 1 atom stereocenters. The molecule has 0 amide bonds. The fourth-order valence-electron chi connectivity index (χ4n) is 6.43. The van der Waals surface area contributed by atoms with Crippen molar-refractivity contribution < 1.29 is 4.74 Å². The number of fused-ring (bicyclic) bond motifs is 2. The topological polar surface area (TPSA) is 56.8 Å². The van der Waals surface area contributed by atoms with Gasteiger partial charge in [0, 0.05) is 48.4 Å². The van der Waals surface area contributed by atoms with Gasteiger partial charge in [0.05, 0.1) is 12.2 Å². The number of hydrogen-bond acceptors (Lipinski definition) is 7. The summed E-state index contributed by atoms with van der Waals surface area (Å²) >= 11 is 0. The Labute approximate surface area is 220 Å². The Hall–Kier alpha value is -2.90. The molecule has 1 N–H and O–H groups in total. The second-order valence-electron chi connectivity index (χ2n) is 11.0. The van der Waals surface area contributed by atoms with Crippen molar-refractivity contribution in [1.29, 1.82) is 0 Å². The molecule has 0 saturated carbocycles. The number of piperidine rings is 1. The number of ether oxygens (including phenoxy) is 1. The van der Waals surface area contributed by atoms with E-state index in [1.54, 1.807) is 0 Å². The van der Waals surface area contributed by atoms with E-state index in [0.29, 0.717) is 24.7 Å². The number of nitrogens with one attached hydrogen (secondary N) is 1. The monoisotopic (exact) mass is 500 g/mol. The molecule has 196 valence electrons. The fourth-order valence-corrected chi connectivity index (χ4v) is 6.43. The number of benzene rings is 2. The average molecular weight is 501 g/mol. The van der Waals surface area contributed by atoms with Gasteiger partial charge in [0.15, 0.2) is 0 Å². The fraction of sp³-hybridized carbons (Fsp3) is 0.533. The highest BCUT2D eigenvalue weighted by atomic mass is 16.5. The molecule has 2 saturated heterocycles. The van der Waals surface area contributed by atoms with Gasteiger partial charge in [-0.1, -0.05) is 30.3 Å². The van der Waals surface area contributed by atoms with E-state index < -0.39 is 0 Å². The third-order valence-electron chi connectivity index (χ3n) is 8.73. The van der Waals surface area contributed by atoms with Crippen LogP contribution in [0.25, 0.3) is 10.8 Å². The number of aryl methyl sites for hydroxylation is 1. The molecule has 7 nitrogen and oxygen atoms in total. The molecule has 3 aliphatic heterocycles. The van der Waals surface area contributed by atoms with Crippen molar-refractivity contribution in [2.24, 2.45) is 0 Å². The van der Waals surface area contributed by atoms with Crippen LogP contribution in [-0.2, 0) is 13.0 Å². The summed E-state index contributed by atoms with van der Waals surface area (Å²) in [5, 5.41) is 6.09. The Morgan fingerprint density at radius 1 is 0.973 bits per heavy atom. The van der Waals surface area contributed by atoms with Crippen molar-refractivity contribution in [3.8, 4) is 6.01 Å². The van der Waals surface area contributed by atoms with Crippen molar-refractivity contribution in [2.45, 2.75) is 57.7 Å². The summed E-state index contributed by atoms with van der Waals surface area (Å²) in [5.41, 5.74) is 5.04. The summed E-state index contributed by atoms with van der Waals surface area (Å²) in [4.78, 5) is 17.4. The minimum absolute atomic E-state index is 0.449. The maximum Gasteiger partial charge on any atom is 0.318 e. The molecule has 1 aromatic heterocycles. The molecule has 1 unspecified atom stereocenters. The average Bonchev–Trinajstić information content (AvgIpc) is 3.35. The summed E-state index contributed by atoms with van der Waals surface area (Å²) in [7, 11) is 4.26. The van der Waals surface area contributed by atoms with Gasteiger partial charge in [0.1, 0.15) is 12.4 Å². The molecule has 0 spiro atoms. The van der Waals surface area contributed by atoms with Crippen molar-refractivity contribution >= 4 is 22.3 Å². The zero-order valence-corrected chi connectivity index (χ0v) is 22.5. The number of hydrogen-bond donors (Lipinski definition) is 1. The SMILES string of the molecule is CNC1CCN(c2nc(OCC3CCCN3C)nc3c2CCN(c2cccc4cccc(C)c24)C3)CC1. The maximum absolute atomic E-state index is 6.31. The molecule has 0 bridgehead atoms. The lowest BCUT2D eigenvalue weighted by molar-refractivity contribution is 0.187. The van der Waals surface area contributed by atoms with E-state index in [-0.39, 0.29) is 0 Å². The summed E-state index contributed by atoms with van der Waals surface area (Å²) in [6, 6.07) is 14.8. The van der Waals surface area contributed by atoms with Gasteiger partial charge in [-0.2, -0.15) is 9.97 Å². The first-order chi connectivity index (χ1) is 18.1. The highest BCUT2D eigenvalue weighted by Gasteiger charge is 2.29. The number of likely N-dealkylation sites (tertiary alicyclic amines) is 1. The van der Waals surface area contributed by atoms with Crippen LogP contribution in [0, 0.1) is 6.92 Å². The molecule has 0 aliphatic carbocycles. The Kier molecular flexibility index (Phi) is 6.91. The standard InChI is InChI=1S/C30H40N6O/c1-21-7-4-8-22-9-5-11-27(28(21)22)36-18-14-25-26(19-36)32-30(37-20-24-10-6-15-34(24)3)33-29(25)35-16-12-23(31-2)13-17-35/h4-5,7-9,11,23-24,31H,6,10,12-20H2,1-3H3. The van der Waals surface area contributed by atoms with Crippen molar-refractivity contribution in [3.63, 3.8) is 0 Å². The Morgan fingerprint density at radius 3 is 2.54 bits per heavy atom. The van der Waals surface area contributed by atoms with E-state index in [1.165, 1.54) is 40.4 Å². The smallest absolute Gasteiger partial charge is 0.318 e. The van der Waals surface area contributed by atoms with Crippen molar-refractivity contribution in [2.75, 3.05) is 56.7 Å². The molecule has 0 radical (unpaired) electrons. The van der Waals surface area contributed by atoms with E-state index in [9.17, 15) is 0 Å². The number of likely N-dealkylation sites (N-methyl/N-ethyl adjacent to an activating group) is 1. The molecule has 6 rings (SSSR count). The van der Waals surface area contributed by atoms with Crippen LogP contribution < -0.4 is 19.9 Å². The zero-order chi connectivity index (χ0) is 25.4.